The predicted octanol–water partition coefficient (Wildman–Crippen LogP) is 3.74. The van der Waals surface area contributed by atoms with E-state index in [1.165, 1.54) is 12.8 Å². The van der Waals surface area contributed by atoms with Crippen LogP contribution in [0.1, 0.15) is 37.7 Å². The van der Waals surface area contributed by atoms with E-state index in [0.29, 0.717) is 5.92 Å². The number of hydrogen-bond acceptors (Lipinski definition) is 2. The Bertz CT molecular complexity index is 504. The Balaban J connectivity index is 1.85. The summed E-state index contributed by atoms with van der Waals surface area (Å²) in [6.45, 7) is 0.746. The molecule has 2 aliphatic carbocycles. The summed E-state index contributed by atoms with van der Waals surface area (Å²) in [5.41, 5.74) is 0.174. The van der Waals surface area contributed by atoms with E-state index in [1.54, 1.807) is 0 Å². The van der Waals surface area contributed by atoms with Crippen molar-refractivity contribution in [1.82, 2.24) is 0 Å². The van der Waals surface area contributed by atoms with Crippen LogP contribution in [0.2, 0.25) is 0 Å². The third-order valence-electron chi connectivity index (χ3n) is 4.22. The van der Waals surface area contributed by atoms with Crippen LogP contribution in [0.5, 0.6) is 5.75 Å². The van der Waals surface area contributed by atoms with E-state index in [2.05, 4.69) is 15.9 Å². The van der Waals surface area contributed by atoms with E-state index in [1.807, 2.05) is 18.2 Å². The molecule has 0 atom stereocenters. The minimum absolute atomic E-state index is 0.693. The van der Waals surface area contributed by atoms with Crippen molar-refractivity contribution in [2.75, 3.05) is 6.61 Å². The number of carbonyl (C=O) groups is 1. The quantitative estimate of drug-likeness (QED) is 0.897. The molecule has 0 aliphatic heterocycles. The van der Waals surface area contributed by atoms with Gasteiger partial charge in [-0.05, 0) is 55.4 Å². The molecule has 0 spiro atoms. The molecule has 0 bridgehead atoms. The second kappa shape index (κ2) is 4.82. The highest BCUT2D eigenvalue weighted by atomic mass is 79.9. The highest BCUT2D eigenvalue weighted by Gasteiger charge is 2.46. The number of carboxylic acids is 1. The first-order chi connectivity index (χ1) is 9.10. The van der Waals surface area contributed by atoms with Gasteiger partial charge in [-0.2, -0.15) is 0 Å². The lowest BCUT2D eigenvalue weighted by molar-refractivity contribution is -0.147. The molecule has 4 heteroatoms. The van der Waals surface area contributed by atoms with Gasteiger partial charge in [0.15, 0.2) is 0 Å². The summed E-state index contributed by atoms with van der Waals surface area (Å²) in [5, 5.41) is 9.49. The van der Waals surface area contributed by atoms with Crippen LogP contribution in [-0.2, 0) is 10.2 Å². The molecule has 0 amide bonds. The predicted molar refractivity (Wildman–Crippen MR) is 75.5 cm³/mol. The van der Waals surface area contributed by atoms with Crippen molar-refractivity contribution in [2.45, 2.75) is 37.5 Å². The summed E-state index contributed by atoms with van der Waals surface area (Å²) >= 11 is 3.46. The molecular formula is C15H17BrO3. The first kappa shape index (κ1) is 13.0. The Labute approximate surface area is 121 Å². The molecule has 0 radical (unpaired) electrons. The Morgan fingerprint density at radius 3 is 2.63 bits per heavy atom. The molecule has 0 unspecified atom stereocenters. The van der Waals surface area contributed by atoms with Crippen molar-refractivity contribution < 1.29 is 14.6 Å². The van der Waals surface area contributed by atoms with Crippen molar-refractivity contribution in [3.63, 3.8) is 0 Å². The van der Waals surface area contributed by atoms with Crippen molar-refractivity contribution in [2.24, 2.45) is 5.92 Å². The molecule has 102 valence electrons. The fourth-order valence-corrected chi connectivity index (χ4v) is 3.05. The van der Waals surface area contributed by atoms with Crippen LogP contribution in [0.15, 0.2) is 22.7 Å². The van der Waals surface area contributed by atoms with Gasteiger partial charge in [0, 0.05) is 4.47 Å². The maximum Gasteiger partial charge on any atom is 0.314 e. The fraction of sp³-hybridized carbons (Fsp3) is 0.533. The van der Waals surface area contributed by atoms with Crippen LogP contribution >= 0.6 is 15.9 Å². The first-order valence-electron chi connectivity index (χ1n) is 6.77. The third-order valence-corrected chi connectivity index (χ3v) is 4.68. The van der Waals surface area contributed by atoms with Gasteiger partial charge in [-0.25, -0.2) is 0 Å². The van der Waals surface area contributed by atoms with Gasteiger partial charge in [0.25, 0.3) is 0 Å². The molecule has 2 fully saturated rings. The zero-order valence-electron chi connectivity index (χ0n) is 10.7. The Morgan fingerprint density at radius 2 is 2.11 bits per heavy atom. The Kier molecular flexibility index (Phi) is 3.29. The summed E-state index contributed by atoms with van der Waals surface area (Å²) in [6, 6.07) is 5.73. The molecule has 0 aromatic heterocycles. The smallest absolute Gasteiger partial charge is 0.314 e. The summed E-state index contributed by atoms with van der Waals surface area (Å²) in [4.78, 5) is 11.5. The van der Waals surface area contributed by atoms with Gasteiger partial charge in [-0.3, -0.25) is 4.79 Å². The number of hydrogen-bond donors (Lipinski definition) is 1. The van der Waals surface area contributed by atoms with Gasteiger partial charge in [0.2, 0.25) is 0 Å². The van der Waals surface area contributed by atoms with E-state index >= 15 is 0 Å². The second-order valence-corrected chi connectivity index (χ2v) is 6.59. The Hall–Kier alpha value is -1.03. The standard InChI is InChI=1S/C15H17BrO3/c16-12-6-11(15(14(17)18)4-1-5-15)7-13(8-12)19-9-10-2-3-10/h6-8,10H,1-5,9H2,(H,17,18). The maximum atomic E-state index is 11.5. The van der Waals surface area contributed by atoms with E-state index in [0.717, 1.165) is 41.7 Å². The van der Waals surface area contributed by atoms with Crippen LogP contribution in [0, 0.1) is 5.92 Å². The van der Waals surface area contributed by atoms with Crippen LogP contribution in [-0.4, -0.2) is 17.7 Å². The molecule has 2 saturated carbocycles. The molecule has 1 aromatic rings. The fourth-order valence-electron chi connectivity index (χ4n) is 2.58. The van der Waals surface area contributed by atoms with Crippen LogP contribution in [0.25, 0.3) is 0 Å². The van der Waals surface area contributed by atoms with Gasteiger partial charge >= 0.3 is 5.97 Å². The van der Waals surface area contributed by atoms with Crippen molar-refractivity contribution in [3.05, 3.63) is 28.2 Å². The Morgan fingerprint density at radius 1 is 1.37 bits per heavy atom. The number of halogens is 1. The monoisotopic (exact) mass is 324 g/mol. The number of rotatable bonds is 5. The lowest BCUT2D eigenvalue weighted by Gasteiger charge is -2.38. The average Bonchev–Trinajstić information content (AvgIpc) is 3.07. The molecule has 0 saturated heterocycles. The molecule has 1 aromatic carbocycles. The summed E-state index contributed by atoms with van der Waals surface area (Å²) in [7, 11) is 0. The van der Waals surface area contributed by atoms with E-state index in [-0.39, 0.29) is 0 Å². The van der Waals surface area contributed by atoms with Crippen molar-refractivity contribution >= 4 is 21.9 Å². The first-order valence-corrected chi connectivity index (χ1v) is 7.57. The highest BCUT2D eigenvalue weighted by Crippen LogP contribution is 2.45. The third kappa shape index (κ3) is 2.50. The van der Waals surface area contributed by atoms with Gasteiger partial charge < -0.3 is 9.84 Å². The average molecular weight is 325 g/mol. The van der Waals surface area contributed by atoms with Gasteiger partial charge in [0.1, 0.15) is 5.75 Å². The SMILES string of the molecule is O=C(O)C1(c2cc(Br)cc(OCC3CC3)c2)CCC1. The zero-order valence-corrected chi connectivity index (χ0v) is 12.3. The van der Waals surface area contributed by atoms with Gasteiger partial charge in [-0.15, -0.1) is 0 Å². The highest BCUT2D eigenvalue weighted by molar-refractivity contribution is 9.10. The van der Waals surface area contributed by atoms with E-state index in [4.69, 9.17) is 4.74 Å². The van der Waals surface area contributed by atoms with Crippen LogP contribution < -0.4 is 4.74 Å². The molecule has 3 nitrogen and oxygen atoms in total. The number of carboxylic acid groups (broad SMARTS) is 1. The van der Waals surface area contributed by atoms with E-state index in [9.17, 15) is 9.90 Å². The normalized spacial score (nSPS) is 20.7. The number of aliphatic carboxylic acids is 1. The molecule has 19 heavy (non-hydrogen) atoms. The minimum atomic E-state index is -0.718. The molecule has 0 heterocycles. The minimum Gasteiger partial charge on any atom is -0.493 e. The second-order valence-electron chi connectivity index (χ2n) is 5.67. The summed E-state index contributed by atoms with van der Waals surface area (Å²) < 4.78 is 6.66. The largest absolute Gasteiger partial charge is 0.493 e. The van der Waals surface area contributed by atoms with Crippen LogP contribution in [0.3, 0.4) is 0 Å². The molecular weight excluding hydrogens is 308 g/mol. The number of ether oxygens (including phenoxy) is 1. The summed E-state index contributed by atoms with van der Waals surface area (Å²) in [6.07, 6.45) is 4.93. The number of benzene rings is 1. The lowest BCUT2D eigenvalue weighted by atomic mass is 9.64. The maximum absolute atomic E-state index is 11.5. The van der Waals surface area contributed by atoms with Gasteiger partial charge in [-0.1, -0.05) is 22.4 Å². The van der Waals surface area contributed by atoms with Crippen molar-refractivity contribution in [3.8, 4) is 5.75 Å². The van der Waals surface area contributed by atoms with Gasteiger partial charge in [0.05, 0.1) is 12.0 Å². The molecule has 3 rings (SSSR count). The summed E-state index contributed by atoms with van der Waals surface area (Å²) in [5.74, 6) is 0.758. The lowest BCUT2D eigenvalue weighted by Crippen LogP contribution is -2.42. The molecule has 1 N–H and O–H groups in total. The molecule has 2 aliphatic rings. The van der Waals surface area contributed by atoms with Crippen molar-refractivity contribution in [1.29, 1.82) is 0 Å². The zero-order chi connectivity index (χ0) is 13.5. The van der Waals surface area contributed by atoms with E-state index < -0.39 is 11.4 Å². The van der Waals surface area contributed by atoms with Crippen LogP contribution in [0.4, 0.5) is 0 Å². The topological polar surface area (TPSA) is 46.5 Å².